The lowest BCUT2D eigenvalue weighted by molar-refractivity contribution is 0.0950. The molecule has 0 radical (unpaired) electrons. The Morgan fingerprint density at radius 2 is 1.96 bits per heavy atom. The van der Waals surface area contributed by atoms with E-state index < -0.39 is 0 Å². The van der Waals surface area contributed by atoms with Gasteiger partial charge in [-0.3, -0.25) is 4.79 Å². The Morgan fingerprint density at radius 1 is 1.17 bits per heavy atom. The zero-order valence-electron chi connectivity index (χ0n) is 13.6. The first kappa shape index (κ1) is 16.1. The van der Waals surface area contributed by atoms with E-state index in [-0.39, 0.29) is 5.91 Å². The van der Waals surface area contributed by atoms with Crippen LogP contribution in [-0.2, 0) is 6.54 Å². The van der Waals surface area contributed by atoms with Crippen LogP contribution in [0.25, 0.3) is 10.4 Å². The summed E-state index contributed by atoms with van der Waals surface area (Å²) in [6.07, 6.45) is 1.69. The molecule has 0 fully saturated rings. The van der Waals surface area contributed by atoms with E-state index in [0.717, 1.165) is 11.3 Å². The molecule has 0 aliphatic heterocycles. The van der Waals surface area contributed by atoms with Gasteiger partial charge >= 0.3 is 0 Å². The summed E-state index contributed by atoms with van der Waals surface area (Å²) in [6, 6.07) is 13.5. The van der Waals surface area contributed by atoms with Crippen LogP contribution in [0.2, 0.25) is 0 Å². The van der Waals surface area contributed by atoms with Crippen molar-refractivity contribution in [3.8, 4) is 10.4 Å². The summed E-state index contributed by atoms with van der Waals surface area (Å²) in [4.78, 5) is 23.8. The Labute approximate surface area is 145 Å². The number of thiophene rings is 1. The third-order valence-electron chi connectivity index (χ3n) is 3.48. The highest BCUT2D eigenvalue weighted by Gasteiger charge is 2.07. The van der Waals surface area contributed by atoms with Gasteiger partial charge in [-0.15, -0.1) is 11.3 Å². The molecule has 0 unspecified atom stereocenters. The molecule has 1 aromatic carbocycles. The number of hydrogen-bond acceptors (Lipinski definition) is 5. The maximum atomic E-state index is 12.3. The molecule has 0 aliphatic carbocycles. The van der Waals surface area contributed by atoms with Gasteiger partial charge in [0.15, 0.2) is 0 Å². The molecule has 1 amide bonds. The van der Waals surface area contributed by atoms with Crippen LogP contribution in [0.15, 0.2) is 54.0 Å². The van der Waals surface area contributed by atoms with Gasteiger partial charge in [0.1, 0.15) is 0 Å². The van der Waals surface area contributed by atoms with Crippen molar-refractivity contribution >= 4 is 23.2 Å². The van der Waals surface area contributed by atoms with Crippen molar-refractivity contribution < 1.29 is 4.79 Å². The Bertz CT molecular complexity index is 813. The van der Waals surface area contributed by atoms with Crippen LogP contribution in [0, 0.1) is 0 Å². The highest BCUT2D eigenvalue weighted by atomic mass is 32.1. The van der Waals surface area contributed by atoms with Gasteiger partial charge < -0.3 is 10.2 Å². The van der Waals surface area contributed by atoms with E-state index in [4.69, 9.17) is 0 Å². The molecule has 0 saturated carbocycles. The smallest absolute Gasteiger partial charge is 0.251 e. The van der Waals surface area contributed by atoms with Crippen LogP contribution in [0.4, 0.5) is 5.95 Å². The van der Waals surface area contributed by atoms with Crippen molar-refractivity contribution in [2.75, 3.05) is 19.0 Å². The van der Waals surface area contributed by atoms with Crippen molar-refractivity contribution in [3.05, 3.63) is 65.3 Å². The fourth-order valence-electron chi connectivity index (χ4n) is 2.20. The maximum absolute atomic E-state index is 12.3. The Hall–Kier alpha value is -2.73. The minimum absolute atomic E-state index is 0.113. The first-order chi connectivity index (χ1) is 11.6. The van der Waals surface area contributed by atoms with Gasteiger partial charge in [-0.1, -0.05) is 18.2 Å². The average Bonchev–Trinajstić information content (AvgIpc) is 3.14. The zero-order chi connectivity index (χ0) is 16.9. The minimum atomic E-state index is -0.113. The van der Waals surface area contributed by atoms with Gasteiger partial charge in [0.25, 0.3) is 5.91 Å². The molecule has 3 rings (SSSR count). The summed E-state index contributed by atoms with van der Waals surface area (Å²) in [5.74, 6) is 0.514. The molecule has 0 bridgehead atoms. The topological polar surface area (TPSA) is 58.1 Å². The van der Waals surface area contributed by atoms with Gasteiger partial charge in [-0.05, 0) is 35.2 Å². The molecule has 6 heteroatoms. The molecule has 122 valence electrons. The maximum Gasteiger partial charge on any atom is 0.251 e. The molecule has 2 heterocycles. The van der Waals surface area contributed by atoms with E-state index in [1.807, 2.05) is 54.7 Å². The fraction of sp³-hybridized carbons (Fsp3) is 0.167. The van der Waals surface area contributed by atoms with E-state index in [2.05, 4.69) is 21.4 Å². The summed E-state index contributed by atoms with van der Waals surface area (Å²) in [6.45, 7) is 0.370. The lowest BCUT2D eigenvalue weighted by Gasteiger charge is -2.11. The van der Waals surface area contributed by atoms with Crippen molar-refractivity contribution in [1.82, 2.24) is 15.3 Å². The van der Waals surface area contributed by atoms with E-state index in [1.54, 1.807) is 23.6 Å². The van der Waals surface area contributed by atoms with Gasteiger partial charge in [-0.2, -0.15) is 0 Å². The quantitative estimate of drug-likeness (QED) is 0.776. The first-order valence-electron chi connectivity index (χ1n) is 7.55. The second-order valence-corrected chi connectivity index (χ2v) is 6.43. The molecule has 0 aliphatic rings. The molecule has 0 atom stereocenters. The minimum Gasteiger partial charge on any atom is -0.347 e. The Kier molecular flexibility index (Phi) is 4.86. The van der Waals surface area contributed by atoms with Crippen molar-refractivity contribution in [2.45, 2.75) is 6.54 Å². The second-order valence-electron chi connectivity index (χ2n) is 5.48. The van der Waals surface area contributed by atoms with Crippen molar-refractivity contribution in [2.24, 2.45) is 0 Å². The lowest BCUT2D eigenvalue weighted by atomic mass is 10.1. The largest absolute Gasteiger partial charge is 0.347 e. The number of amides is 1. The normalized spacial score (nSPS) is 10.4. The molecule has 3 aromatic rings. The Morgan fingerprint density at radius 3 is 2.62 bits per heavy atom. The number of nitrogens with zero attached hydrogens (tertiary/aromatic N) is 3. The molecular weight excluding hydrogens is 320 g/mol. The lowest BCUT2D eigenvalue weighted by Crippen LogP contribution is -2.24. The summed E-state index contributed by atoms with van der Waals surface area (Å²) in [5, 5.41) is 4.93. The van der Waals surface area contributed by atoms with Crippen molar-refractivity contribution in [3.63, 3.8) is 0 Å². The number of anilines is 1. The predicted octanol–water partition coefficient (Wildman–Crippen LogP) is 3.20. The van der Waals surface area contributed by atoms with Crippen LogP contribution in [0.1, 0.15) is 16.1 Å². The molecule has 2 aromatic heterocycles. The van der Waals surface area contributed by atoms with Crippen molar-refractivity contribution in [1.29, 1.82) is 0 Å². The number of hydrogen-bond donors (Lipinski definition) is 1. The standard InChI is InChI=1S/C18H18N4OS/c1-22(2)18-19-10-9-15(21-18)12-20-17(23)14-7-5-13(6-8-14)16-4-3-11-24-16/h3-11H,12H2,1-2H3,(H,20,23). The number of nitrogens with one attached hydrogen (secondary N) is 1. The first-order valence-corrected chi connectivity index (χ1v) is 8.43. The molecule has 5 nitrogen and oxygen atoms in total. The molecule has 1 N–H and O–H groups in total. The molecule has 24 heavy (non-hydrogen) atoms. The highest BCUT2D eigenvalue weighted by molar-refractivity contribution is 7.13. The van der Waals surface area contributed by atoms with Crippen LogP contribution < -0.4 is 10.2 Å². The third kappa shape index (κ3) is 3.78. The number of aromatic nitrogens is 2. The van der Waals surface area contributed by atoms with Crippen LogP contribution >= 0.6 is 11.3 Å². The highest BCUT2D eigenvalue weighted by Crippen LogP contribution is 2.24. The monoisotopic (exact) mass is 338 g/mol. The van der Waals surface area contributed by atoms with E-state index in [1.165, 1.54) is 4.88 Å². The van der Waals surface area contributed by atoms with Gasteiger partial charge in [-0.25, -0.2) is 9.97 Å². The number of carbonyl (C=O) groups excluding carboxylic acids is 1. The van der Waals surface area contributed by atoms with Gasteiger partial charge in [0, 0.05) is 30.7 Å². The third-order valence-corrected chi connectivity index (χ3v) is 4.40. The summed E-state index contributed by atoms with van der Waals surface area (Å²) >= 11 is 1.68. The zero-order valence-corrected chi connectivity index (χ0v) is 14.4. The van der Waals surface area contributed by atoms with E-state index in [9.17, 15) is 4.79 Å². The SMILES string of the molecule is CN(C)c1nccc(CNC(=O)c2ccc(-c3cccs3)cc2)n1. The summed E-state index contributed by atoms with van der Waals surface area (Å²) < 4.78 is 0. The number of rotatable bonds is 5. The predicted molar refractivity (Wildman–Crippen MR) is 97.3 cm³/mol. The van der Waals surface area contributed by atoms with Gasteiger partial charge in [0.2, 0.25) is 5.95 Å². The molecular formula is C18H18N4OS. The second kappa shape index (κ2) is 7.23. The van der Waals surface area contributed by atoms with E-state index in [0.29, 0.717) is 18.1 Å². The molecule has 0 saturated heterocycles. The fourth-order valence-corrected chi connectivity index (χ4v) is 2.93. The van der Waals surface area contributed by atoms with Crippen LogP contribution in [-0.4, -0.2) is 30.0 Å². The number of carbonyl (C=O) groups is 1. The average molecular weight is 338 g/mol. The van der Waals surface area contributed by atoms with Crippen LogP contribution in [0.5, 0.6) is 0 Å². The summed E-state index contributed by atoms with van der Waals surface area (Å²) in [5.41, 5.74) is 2.53. The van der Waals surface area contributed by atoms with Crippen LogP contribution in [0.3, 0.4) is 0 Å². The van der Waals surface area contributed by atoms with E-state index >= 15 is 0 Å². The molecule has 0 spiro atoms. The van der Waals surface area contributed by atoms with Gasteiger partial charge in [0.05, 0.1) is 12.2 Å². The summed E-state index contributed by atoms with van der Waals surface area (Å²) in [7, 11) is 3.76. The number of benzene rings is 1. The Balaban J connectivity index is 1.64.